The van der Waals surface area contributed by atoms with Crippen molar-refractivity contribution in [3.05, 3.63) is 54.4 Å². The van der Waals surface area contributed by atoms with Crippen molar-refractivity contribution in [1.82, 2.24) is 9.55 Å². The fourth-order valence-corrected chi connectivity index (χ4v) is 3.74. The average molecular weight is 419 g/mol. The van der Waals surface area contributed by atoms with Gasteiger partial charge in [-0.1, -0.05) is 24.3 Å². The summed E-state index contributed by atoms with van der Waals surface area (Å²) in [6.07, 6.45) is 1.25. The first kappa shape index (κ1) is 21.4. The Balaban J connectivity index is 0.00000240. The number of benzene rings is 2. The lowest BCUT2D eigenvalue weighted by molar-refractivity contribution is 0.0777. The molecular weight excluding hydrogens is 392 g/mol. The zero-order valence-electron chi connectivity index (χ0n) is 16.5. The molecule has 0 radical (unpaired) electrons. The third-order valence-electron chi connectivity index (χ3n) is 5.16. The van der Waals surface area contributed by atoms with Gasteiger partial charge in [-0.05, 0) is 37.1 Å². The van der Waals surface area contributed by atoms with Crippen LogP contribution in [0.3, 0.4) is 0 Å². The highest BCUT2D eigenvalue weighted by Gasteiger charge is 2.24. The van der Waals surface area contributed by atoms with E-state index in [1.165, 1.54) is 0 Å². The smallest absolute Gasteiger partial charge is 0.161 e. The summed E-state index contributed by atoms with van der Waals surface area (Å²) in [5.41, 5.74) is 2.00. The number of aliphatic hydroxyl groups excluding tert-OH is 1. The first-order valence-corrected chi connectivity index (χ1v) is 9.73. The van der Waals surface area contributed by atoms with E-state index in [0.29, 0.717) is 24.0 Å². The van der Waals surface area contributed by atoms with E-state index in [1.54, 1.807) is 7.11 Å². The van der Waals surface area contributed by atoms with Crippen LogP contribution < -0.4 is 9.47 Å². The van der Waals surface area contributed by atoms with E-state index in [-0.39, 0.29) is 19.0 Å². The number of hydrogen-bond acceptors (Lipinski definition) is 5. The summed E-state index contributed by atoms with van der Waals surface area (Å²) in [4.78, 5) is 4.87. The fourth-order valence-electron chi connectivity index (χ4n) is 3.74. The van der Waals surface area contributed by atoms with Crippen LogP contribution in [0.1, 0.15) is 24.6 Å². The Bertz CT molecular complexity index is 924. The van der Waals surface area contributed by atoms with Crippen molar-refractivity contribution in [2.45, 2.75) is 31.4 Å². The Hall–Kier alpha value is -2.28. The van der Waals surface area contributed by atoms with Gasteiger partial charge in [-0.15, -0.1) is 12.4 Å². The van der Waals surface area contributed by atoms with Crippen molar-refractivity contribution in [2.24, 2.45) is 0 Å². The maximum absolute atomic E-state index is 10.7. The number of hydrogen-bond donors (Lipinski definition) is 1. The molecule has 7 heteroatoms. The van der Waals surface area contributed by atoms with Crippen molar-refractivity contribution < 1.29 is 19.3 Å². The Morgan fingerprint density at radius 2 is 1.79 bits per heavy atom. The van der Waals surface area contributed by atoms with Crippen LogP contribution in [0.25, 0.3) is 11.0 Å². The van der Waals surface area contributed by atoms with Gasteiger partial charge in [0.1, 0.15) is 18.5 Å². The van der Waals surface area contributed by atoms with Gasteiger partial charge in [-0.2, -0.15) is 0 Å². The number of fused-ring (bicyclic) bond motifs is 1. The largest absolute Gasteiger partial charge is 0.493 e. The van der Waals surface area contributed by atoms with Crippen LogP contribution in [0, 0.1) is 0 Å². The molecular formula is C22H27ClN2O4. The van der Waals surface area contributed by atoms with Gasteiger partial charge >= 0.3 is 0 Å². The lowest BCUT2D eigenvalue weighted by Crippen LogP contribution is -2.26. The van der Waals surface area contributed by atoms with Crippen molar-refractivity contribution >= 4 is 23.4 Å². The lowest BCUT2D eigenvalue weighted by atomic mass is 9.99. The minimum Gasteiger partial charge on any atom is -0.493 e. The first-order chi connectivity index (χ1) is 13.8. The number of imidazole rings is 1. The zero-order chi connectivity index (χ0) is 19.3. The molecule has 1 fully saturated rings. The van der Waals surface area contributed by atoms with Crippen LogP contribution in [-0.4, -0.2) is 47.7 Å². The molecule has 1 N–H and O–H groups in total. The molecule has 4 rings (SSSR count). The first-order valence-electron chi connectivity index (χ1n) is 9.73. The topological polar surface area (TPSA) is 65.7 Å². The van der Waals surface area contributed by atoms with Crippen LogP contribution in [0.5, 0.6) is 11.5 Å². The molecule has 1 aliphatic rings. The summed E-state index contributed by atoms with van der Waals surface area (Å²) in [6.45, 7) is 2.13. The van der Waals surface area contributed by atoms with Gasteiger partial charge in [0.05, 0.1) is 24.7 Å². The van der Waals surface area contributed by atoms with E-state index in [1.807, 2.05) is 42.5 Å². The van der Waals surface area contributed by atoms with E-state index < -0.39 is 6.10 Å². The third-order valence-corrected chi connectivity index (χ3v) is 5.16. The Morgan fingerprint density at radius 3 is 2.55 bits per heavy atom. The second-order valence-electron chi connectivity index (χ2n) is 7.07. The number of rotatable bonds is 7. The van der Waals surface area contributed by atoms with E-state index in [4.69, 9.17) is 19.2 Å². The fraction of sp³-hybridized carbons (Fsp3) is 0.409. The van der Waals surface area contributed by atoms with Gasteiger partial charge in [-0.25, -0.2) is 4.98 Å². The second kappa shape index (κ2) is 9.96. The van der Waals surface area contributed by atoms with Crippen molar-refractivity contribution in [3.63, 3.8) is 0 Å². The summed E-state index contributed by atoms with van der Waals surface area (Å²) in [5, 5.41) is 10.7. The van der Waals surface area contributed by atoms with Crippen molar-refractivity contribution in [3.8, 4) is 11.5 Å². The average Bonchev–Trinajstić information content (AvgIpc) is 3.11. The lowest BCUT2D eigenvalue weighted by Gasteiger charge is -2.24. The summed E-state index contributed by atoms with van der Waals surface area (Å²) < 4.78 is 18.8. The Labute approximate surface area is 176 Å². The van der Waals surface area contributed by atoms with Gasteiger partial charge in [0, 0.05) is 19.1 Å². The minimum atomic E-state index is -0.666. The number of para-hydroxylation sites is 4. The van der Waals surface area contributed by atoms with Crippen LogP contribution in [-0.2, 0) is 11.3 Å². The number of ether oxygens (including phenoxy) is 3. The molecule has 6 nitrogen and oxygen atoms in total. The van der Waals surface area contributed by atoms with E-state index in [2.05, 4.69) is 10.6 Å². The van der Waals surface area contributed by atoms with E-state index >= 15 is 0 Å². The van der Waals surface area contributed by atoms with Crippen molar-refractivity contribution in [2.75, 3.05) is 26.9 Å². The SMILES string of the molecule is COc1ccccc1OCC(O)Cn1c(C2CCOCC2)nc2ccccc21.Cl. The highest BCUT2D eigenvalue weighted by molar-refractivity contribution is 5.85. The summed E-state index contributed by atoms with van der Waals surface area (Å²) in [7, 11) is 1.61. The molecule has 0 amide bonds. The maximum atomic E-state index is 10.7. The Morgan fingerprint density at radius 1 is 1.10 bits per heavy atom. The molecule has 1 aromatic heterocycles. The minimum absolute atomic E-state index is 0. The van der Waals surface area contributed by atoms with Gasteiger partial charge in [0.15, 0.2) is 11.5 Å². The molecule has 29 heavy (non-hydrogen) atoms. The number of aliphatic hydroxyl groups is 1. The van der Waals surface area contributed by atoms with Gasteiger partial charge < -0.3 is 23.9 Å². The van der Waals surface area contributed by atoms with Crippen LogP contribution in [0.4, 0.5) is 0 Å². The molecule has 3 aromatic rings. The Kier molecular flexibility index (Phi) is 7.36. The number of halogens is 1. The predicted molar refractivity (Wildman–Crippen MR) is 114 cm³/mol. The standard InChI is InChI=1S/C22H26N2O4.ClH/c1-26-20-8-4-5-9-21(20)28-15-17(25)14-24-19-7-3-2-6-18(19)23-22(24)16-10-12-27-13-11-16;/h2-9,16-17,25H,10-15H2,1H3;1H. The summed E-state index contributed by atoms with van der Waals surface area (Å²) in [5.74, 6) is 2.67. The van der Waals surface area contributed by atoms with Gasteiger partial charge in [-0.3, -0.25) is 0 Å². The summed E-state index contributed by atoms with van der Waals surface area (Å²) in [6, 6.07) is 15.5. The van der Waals surface area contributed by atoms with E-state index in [0.717, 1.165) is 42.9 Å². The number of aromatic nitrogens is 2. The number of methoxy groups -OCH3 is 1. The predicted octanol–water partition coefficient (Wildman–Crippen LogP) is 3.80. The summed E-state index contributed by atoms with van der Waals surface area (Å²) >= 11 is 0. The van der Waals surface area contributed by atoms with E-state index in [9.17, 15) is 5.11 Å². The highest BCUT2D eigenvalue weighted by atomic mass is 35.5. The van der Waals surface area contributed by atoms with Crippen LogP contribution in [0.15, 0.2) is 48.5 Å². The molecule has 0 bridgehead atoms. The quantitative estimate of drug-likeness (QED) is 0.632. The molecule has 2 aromatic carbocycles. The van der Waals surface area contributed by atoms with Crippen molar-refractivity contribution in [1.29, 1.82) is 0 Å². The highest BCUT2D eigenvalue weighted by Crippen LogP contribution is 2.30. The zero-order valence-corrected chi connectivity index (χ0v) is 17.3. The molecule has 0 spiro atoms. The second-order valence-corrected chi connectivity index (χ2v) is 7.07. The number of nitrogens with zero attached hydrogens (tertiary/aromatic N) is 2. The molecule has 1 unspecified atom stereocenters. The van der Waals surface area contributed by atoms with Crippen LogP contribution >= 0.6 is 12.4 Å². The molecule has 1 atom stereocenters. The molecule has 0 saturated carbocycles. The normalized spacial score (nSPS) is 15.7. The van der Waals surface area contributed by atoms with Crippen LogP contribution in [0.2, 0.25) is 0 Å². The molecule has 1 aliphatic heterocycles. The maximum Gasteiger partial charge on any atom is 0.161 e. The molecule has 2 heterocycles. The van der Waals surface area contributed by atoms with Gasteiger partial charge in [0.25, 0.3) is 0 Å². The molecule has 1 saturated heterocycles. The molecule has 0 aliphatic carbocycles. The van der Waals surface area contributed by atoms with Gasteiger partial charge in [0.2, 0.25) is 0 Å². The monoisotopic (exact) mass is 418 g/mol. The third kappa shape index (κ3) is 4.83. The molecule has 156 valence electrons.